The average Bonchev–Trinajstić information content (AvgIpc) is 3.23. The molecule has 160 valence electrons. The van der Waals surface area contributed by atoms with Crippen molar-refractivity contribution in [1.82, 2.24) is 5.32 Å². The van der Waals surface area contributed by atoms with E-state index < -0.39 is 28.8 Å². The molecule has 3 aromatic rings. The maximum atomic E-state index is 14.1. The van der Waals surface area contributed by atoms with Crippen molar-refractivity contribution in [2.24, 2.45) is 0 Å². The summed E-state index contributed by atoms with van der Waals surface area (Å²) in [6.07, 6.45) is 0. The van der Waals surface area contributed by atoms with Crippen LogP contribution in [0.15, 0.2) is 78.9 Å². The fraction of sp³-hybridized carbons (Fsp3) is 0.125. The van der Waals surface area contributed by atoms with Crippen LogP contribution in [0, 0.1) is 5.82 Å². The average molecular weight is 448 g/mol. The molecule has 0 spiro atoms. The number of methoxy groups -OCH3 is 1. The first kappa shape index (κ1) is 20.1. The van der Waals surface area contributed by atoms with Crippen LogP contribution in [0.4, 0.5) is 10.1 Å². The third-order valence-electron chi connectivity index (χ3n) is 5.88. The Morgan fingerprint density at radius 2 is 1.56 bits per heavy atom. The number of hydrogen-bond donors (Lipinski definition) is 1. The van der Waals surface area contributed by atoms with Crippen LogP contribution >= 0.6 is 12.2 Å². The minimum Gasteiger partial charge on any atom is -0.497 e. The Bertz CT molecular complexity index is 1230. The molecule has 6 nitrogen and oxygen atoms in total. The Hall–Kier alpha value is -3.78. The highest BCUT2D eigenvalue weighted by atomic mass is 32.1. The lowest BCUT2D eigenvalue weighted by Crippen LogP contribution is -2.55. The number of benzene rings is 3. The summed E-state index contributed by atoms with van der Waals surface area (Å²) in [7, 11) is 1.53. The van der Waals surface area contributed by atoms with Gasteiger partial charge in [0, 0.05) is 5.56 Å². The van der Waals surface area contributed by atoms with Crippen LogP contribution in [-0.4, -0.2) is 24.1 Å². The normalized spacial score (nSPS) is 24.2. The van der Waals surface area contributed by atoms with E-state index in [0.717, 1.165) is 4.90 Å². The predicted octanol–water partition coefficient (Wildman–Crippen LogP) is 3.40. The zero-order valence-electron chi connectivity index (χ0n) is 16.9. The summed E-state index contributed by atoms with van der Waals surface area (Å²) in [5, 5.41) is 2.89. The van der Waals surface area contributed by atoms with Crippen LogP contribution < -0.4 is 15.0 Å². The van der Waals surface area contributed by atoms with Gasteiger partial charge >= 0.3 is 0 Å². The number of nitrogens with one attached hydrogen (secondary N) is 1. The number of thiocarbonyl (C=S) groups is 1. The number of fused-ring (bicyclic) bond motifs is 1. The van der Waals surface area contributed by atoms with Crippen LogP contribution in [0.5, 0.6) is 5.75 Å². The molecule has 32 heavy (non-hydrogen) atoms. The molecule has 0 unspecified atom stereocenters. The molecule has 2 heterocycles. The largest absolute Gasteiger partial charge is 0.497 e. The molecular formula is C24H17FN2O4S. The van der Waals surface area contributed by atoms with Crippen molar-refractivity contribution in [2.45, 2.75) is 11.1 Å². The van der Waals surface area contributed by atoms with Crippen molar-refractivity contribution in [2.75, 3.05) is 12.0 Å². The van der Waals surface area contributed by atoms with Gasteiger partial charge in [-0.3, -0.25) is 9.59 Å². The summed E-state index contributed by atoms with van der Waals surface area (Å²) >= 11 is 5.29. The first-order chi connectivity index (χ1) is 15.4. The highest BCUT2D eigenvalue weighted by Crippen LogP contribution is 2.55. The Labute approximate surface area is 188 Å². The molecule has 0 bridgehead atoms. The van der Waals surface area contributed by atoms with Crippen molar-refractivity contribution < 1.29 is 23.5 Å². The third kappa shape index (κ3) is 2.53. The summed E-state index contributed by atoms with van der Waals surface area (Å²) in [5.41, 5.74) is -2.36. The summed E-state index contributed by atoms with van der Waals surface area (Å²) in [6, 6.07) is 20.6. The third-order valence-corrected chi connectivity index (χ3v) is 6.07. The molecule has 0 aromatic heterocycles. The number of imide groups is 1. The van der Waals surface area contributed by atoms with Gasteiger partial charge in [0.05, 0.1) is 12.8 Å². The molecule has 3 aromatic carbocycles. The number of ether oxygens (including phenoxy) is 2. The molecule has 2 atom stereocenters. The second kappa shape index (κ2) is 7.13. The molecule has 0 saturated carbocycles. The zero-order valence-corrected chi connectivity index (χ0v) is 17.7. The fourth-order valence-electron chi connectivity index (χ4n) is 4.44. The lowest BCUT2D eigenvalue weighted by molar-refractivity contribution is -0.135. The van der Waals surface area contributed by atoms with Crippen molar-refractivity contribution in [1.29, 1.82) is 0 Å². The Morgan fingerprint density at radius 3 is 2.19 bits per heavy atom. The molecule has 0 aliphatic carbocycles. The van der Waals surface area contributed by atoms with Gasteiger partial charge in [-0.2, -0.15) is 0 Å². The van der Waals surface area contributed by atoms with Gasteiger partial charge in [-0.1, -0.05) is 42.5 Å². The molecule has 2 fully saturated rings. The first-order valence-corrected chi connectivity index (χ1v) is 10.2. The summed E-state index contributed by atoms with van der Waals surface area (Å²) in [4.78, 5) is 29.2. The Kier molecular flexibility index (Phi) is 4.49. The number of nitrogens with zero attached hydrogens (tertiary/aromatic N) is 1. The highest BCUT2D eigenvalue weighted by Gasteiger charge is 2.77. The summed E-state index contributed by atoms with van der Waals surface area (Å²) in [6.45, 7) is 0. The summed E-state index contributed by atoms with van der Waals surface area (Å²) < 4.78 is 24.9. The molecule has 1 N–H and O–H groups in total. The van der Waals surface area contributed by atoms with Gasteiger partial charge in [0.15, 0.2) is 5.54 Å². The van der Waals surface area contributed by atoms with E-state index in [-0.39, 0.29) is 5.17 Å². The SMILES string of the molecule is COc1ccc(N2C(=O)[C@]3(c4ccccc4)NC(=S)O[C@]3(c3ccc(F)cc3)C2=O)cc1. The van der Waals surface area contributed by atoms with Gasteiger partial charge in [-0.15, -0.1) is 0 Å². The quantitative estimate of drug-likeness (QED) is 0.488. The van der Waals surface area contributed by atoms with E-state index in [9.17, 15) is 14.0 Å². The monoisotopic (exact) mass is 448 g/mol. The fourth-order valence-corrected chi connectivity index (χ4v) is 4.72. The number of hydrogen-bond acceptors (Lipinski definition) is 5. The van der Waals surface area contributed by atoms with Crippen molar-refractivity contribution in [3.05, 3.63) is 95.8 Å². The molecule has 5 rings (SSSR count). The number of anilines is 1. The van der Waals surface area contributed by atoms with Crippen LogP contribution in [0.3, 0.4) is 0 Å². The number of halogens is 1. The van der Waals surface area contributed by atoms with Crippen molar-refractivity contribution >= 4 is 34.9 Å². The second-order valence-corrected chi connectivity index (χ2v) is 7.83. The molecule has 0 radical (unpaired) electrons. The van der Waals surface area contributed by atoms with E-state index >= 15 is 0 Å². The van der Waals surface area contributed by atoms with Crippen molar-refractivity contribution in [3.8, 4) is 5.75 Å². The van der Waals surface area contributed by atoms with Crippen LogP contribution in [0.25, 0.3) is 0 Å². The van der Waals surface area contributed by atoms with Crippen LogP contribution in [0.2, 0.25) is 0 Å². The van der Waals surface area contributed by atoms with Gasteiger partial charge in [0.25, 0.3) is 22.6 Å². The van der Waals surface area contributed by atoms with Gasteiger partial charge < -0.3 is 14.8 Å². The van der Waals surface area contributed by atoms with Crippen molar-refractivity contribution in [3.63, 3.8) is 0 Å². The Balaban J connectivity index is 1.79. The minimum atomic E-state index is -1.85. The van der Waals surface area contributed by atoms with Gasteiger partial charge in [-0.25, -0.2) is 9.29 Å². The molecule has 2 amide bonds. The lowest BCUT2D eigenvalue weighted by atomic mass is 9.73. The highest BCUT2D eigenvalue weighted by molar-refractivity contribution is 7.80. The predicted molar refractivity (Wildman–Crippen MR) is 119 cm³/mol. The second-order valence-electron chi connectivity index (χ2n) is 7.46. The van der Waals surface area contributed by atoms with E-state index in [4.69, 9.17) is 21.7 Å². The van der Waals surface area contributed by atoms with Gasteiger partial charge in [0.1, 0.15) is 11.6 Å². The van der Waals surface area contributed by atoms with E-state index in [1.807, 2.05) is 0 Å². The first-order valence-electron chi connectivity index (χ1n) is 9.80. The van der Waals surface area contributed by atoms with Gasteiger partial charge in [-0.05, 0) is 54.2 Å². The smallest absolute Gasteiger partial charge is 0.286 e. The topological polar surface area (TPSA) is 67.9 Å². The zero-order chi connectivity index (χ0) is 22.5. The van der Waals surface area contributed by atoms with Crippen LogP contribution in [0.1, 0.15) is 11.1 Å². The minimum absolute atomic E-state index is 0.0886. The van der Waals surface area contributed by atoms with Crippen LogP contribution in [-0.2, 0) is 25.5 Å². The summed E-state index contributed by atoms with van der Waals surface area (Å²) in [5.74, 6) is -1.08. The van der Waals surface area contributed by atoms with E-state index in [1.165, 1.54) is 31.4 Å². The molecule has 8 heteroatoms. The molecule has 2 aliphatic heterocycles. The standard InChI is InChI=1S/C24H17FN2O4S/c1-30-19-13-11-18(12-14-19)27-20(28)23(15-5-3-2-4-6-15)24(21(27)29,31-22(32)26-23)16-7-9-17(25)10-8-16/h2-14H,1H3,(H,26,32)/t23-,24+/m0/s1. The van der Waals surface area contributed by atoms with E-state index in [2.05, 4.69) is 5.32 Å². The number of carbonyl (C=O) groups is 2. The van der Waals surface area contributed by atoms with E-state index in [0.29, 0.717) is 22.6 Å². The van der Waals surface area contributed by atoms with Gasteiger partial charge in [0.2, 0.25) is 0 Å². The molecule has 2 saturated heterocycles. The number of carbonyl (C=O) groups excluding carboxylic acids is 2. The van der Waals surface area contributed by atoms with E-state index in [1.54, 1.807) is 54.6 Å². The molecule has 2 aliphatic rings. The lowest BCUT2D eigenvalue weighted by Gasteiger charge is -2.33. The maximum Gasteiger partial charge on any atom is 0.286 e. The number of amides is 2. The Morgan fingerprint density at radius 1 is 0.906 bits per heavy atom. The number of rotatable bonds is 4. The maximum absolute atomic E-state index is 14.1. The molecular weight excluding hydrogens is 431 g/mol.